The van der Waals surface area contributed by atoms with Crippen LogP contribution in [0.5, 0.6) is 0 Å². The standard InChI is InChI=1S/6C19H16/c1-15-9-8-14-18(16-10-4-2-5-11-16)19(15)17-12-6-3-7-13-17;1-15-12-13-18(16-8-4-2-5-9-16)19(14-15)17-10-6-3-7-11-17;1-15-9-5-6-12-17(15)19-14-8-7-13-18(19)16-10-3-2-4-11-16;1-15-7-5-6-10-19(15)18-13-11-17(12-14-18)16-8-3-2-4-9-16;2*1-15-11-13-17(14-12-15)19-10-6-5-9-18(19)16-7-3-2-4-8-16/h6*2-14H,1H3. The van der Waals surface area contributed by atoms with Crippen molar-refractivity contribution < 1.29 is 0 Å². The average molecular weight is 1470 g/mol. The molecule has 0 atom stereocenters. The summed E-state index contributed by atoms with van der Waals surface area (Å²) in [7, 11) is 0. The van der Waals surface area contributed by atoms with Crippen LogP contribution in [0.1, 0.15) is 33.4 Å². The van der Waals surface area contributed by atoms with Crippen LogP contribution in [0.25, 0.3) is 134 Å². The van der Waals surface area contributed by atoms with Gasteiger partial charge in [0.2, 0.25) is 0 Å². The topological polar surface area (TPSA) is 0 Å². The first-order valence-corrected chi connectivity index (χ1v) is 39.4. The second kappa shape index (κ2) is 40.1. The Hall–Kier alpha value is -14.0. The fourth-order valence-electron chi connectivity index (χ4n) is 14.4. The average Bonchev–Trinajstić information content (AvgIpc) is 0.831. The largest absolute Gasteiger partial charge is 0.0622 e. The number of hydrogen-bond acceptors (Lipinski definition) is 0. The molecule has 0 spiro atoms. The summed E-state index contributed by atoms with van der Waals surface area (Å²) in [6, 6.07) is 167. The highest BCUT2D eigenvalue weighted by atomic mass is 14.2. The molecule has 552 valence electrons. The zero-order chi connectivity index (χ0) is 78.5. The molecule has 0 saturated heterocycles. The molecule has 0 heterocycles. The molecular weight excluding hydrogens is 1370 g/mol. The highest BCUT2D eigenvalue weighted by Gasteiger charge is 2.14. The van der Waals surface area contributed by atoms with Crippen LogP contribution in [0.2, 0.25) is 0 Å². The van der Waals surface area contributed by atoms with Crippen molar-refractivity contribution in [1.29, 1.82) is 0 Å². The smallest absolute Gasteiger partial charge is 0.00761 e. The summed E-state index contributed by atoms with van der Waals surface area (Å²) in [5.41, 5.74) is 38.6. The van der Waals surface area contributed by atoms with Gasteiger partial charge in [0.05, 0.1) is 0 Å². The maximum absolute atomic E-state index is 2.26. The molecule has 0 aliphatic heterocycles. The van der Waals surface area contributed by atoms with E-state index in [1.54, 1.807) is 0 Å². The minimum absolute atomic E-state index is 1.26. The van der Waals surface area contributed by atoms with E-state index in [1.807, 2.05) is 6.07 Å². The highest BCUT2D eigenvalue weighted by Crippen LogP contribution is 2.39. The molecule has 0 heteroatoms. The molecular formula is C114H96. The molecule has 0 fully saturated rings. The van der Waals surface area contributed by atoms with Crippen molar-refractivity contribution in [3.8, 4) is 134 Å². The second-order valence-corrected chi connectivity index (χ2v) is 28.6. The summed E-state index contributed by atoms with van der Waals surface area (Å²) >= 11 is 0. The summed E-state index contributed by atoms with van der Waals surface area (Å²) in [4.78, 5) is 0. The predicted molar refractivity (Wildman–Crippen MR) is 492 cm³/mol. The Morgan fingerprint density at radius 2 is 0.316 bits per heavy atom. The lowest BCUT2D eigenvalue weighted by atomic mass is 9.91. The van der Waals surface area contributed by atoms with E-state index in [1.165, 1.54) is 167 Å². The molecule has 0 unspecified atom stereocenters. The lowest BCUT2D eigenvalue weighted by molar-refractivity contribution is 1.45. The molecule has 114 heavy (non-hydrogen) atoms. The predicted octanol–water partition coefficient (Wildman–Crippen LogP) is 32.0. The third-order valence-corrected chi connectivity index (χ3v) is 20.4. The lowest BCUT2D eigenvalue weighted by Crippen LogP contribution is -1.88. The lowest BCUT2D eigenvalue weighted by Gasteiger charge is -2.13. The van der Waals surface area contributed by atoms with Gasteiger partial charge in [0, 0.05) is 0 Å². The minimum atomic E-state index is 1.26. The fraction of sp³-hybridized carbons (Fsp3) is 0.0526. The third kappa shape index (κ3) is 20.9. The van der Waals surface area contributed by atoms with Crippen LogP contribution < -0.4 is 0 Å². The Bertz CT molecular complexity index is 5780. The van der Waals surface area contributed by atoms with Crippen LogP contribution in [0.15, 0.2) is 473 Å². The van der Waals surface area contributed by atoms with Gasteiger partial charge in [0.15, 0.2) is 0 Å². The van der Waals surface area contributed by atoms with Crippen LogP contribution in [0.3, 0.4) is 0 Å². The van der Waals surface area contributed by atoms with Crippen LogP contribution in [-0.2, 0) is 0 Å². The normalized spacial score (nSPS) is 10.4. The van der Waals surface area contributed by atoms with Crippen LogP contribution in [0.4, 0.5) is 0 Å². The van der Waals surface area contributed by atoms with Gasteiger partial charge in [-0.2, -0.15) is 0 Å². The van der Waals surface area contributed by atoms with E-state index < -0.39 is 0 Å². The Labute approximate surface area is 677 Å². The number of benzene rings is 18. The zero-order valence-corrected chi connectivity index (χ0v) is 66.0. The van der Waals surface area contributed by atoms with Crippen molar-refractivity contribution in [3.05, 3.63) is 507 Å². The second-order valence-electron chi connectivity index (χ2n) is 28.6. The van der Waals surface area contributed by atoms with Crippen molar-refractivity contribution in [3.63, 3.8) is 0 Å². The maximum Gasteiger partial charge on any atom is -0.00761 e. The summed E-state index contributed by atoms with van der Waals surface area (Å²) in [6.07, 6.45) is 0. The summed E-state index contributed by atoms with van der Waals surface area (Å²) in [5.74, 6) is 0. The molecule has 0 saturated carbocycles. The Kier molecular flexibility index (Phi) is 27.4. The van der Waals surface area contributed by atoms with Gasteiger partial charge in [0.25, 0.3) is 0 Å². The van der Waals surface area contributed by atoms with Crippen molar-refractivity contribution in [1.82, 2.24) is 0 Å². The van der Waals surface area contributed by atoms with Crippen LogP contribution in [-0.4, -0.2) is 0 Å². The zero-order valence-electron chi connectivity index (χ0n) is 66.0. The van der Waals surface area contributed by atoms with E-state index in [0.717, 1.165) is 0 Å². The van der Waals surface area contributed by atoms with Gasteiger partial charge in [-0.1, -0.05) is 490 Å². The van der Waals surface area contributed by atoms with Gasteiger partial charge in [-0.05, 0) is 192 Å². The van der Waals surface area contributed by atoms with E-state index in [9.17, 15) is 0 Å². The first-order chi connectivity index (χ1) is 56.1. The van der Waals surface area contributed by atoms with E-state index in [4.69, 9.17) is 0 Å². The molecule has 0 aromatic heterocycles. The minimum Gasteiger partial charge on any atom is -0.0622 e. The van der Waals surface area contributed by atoms with E-state index >= 15 is 0 Å². The molecule has 0 aliphatic rings. The molecule has 0 aliphatic carbocycles. The molecule has 0 bridgehead atoms. The Morgan fingerprint density at radius 1 is 0.105 bits per heavy atom. The first-order valence-electron chi connectivity index (χ1n) is 39.4. The first kappa shape index (κ1) is 78.1. The number of rotatable bonds is 12. The summed E-state index contributed by atoms with van der Waals surface area (Å²) < 4.78 is 0. The molecule has 0 N–H and O–H groups in total. The van der Waals surface area contributed by atoms with Gasteiger partial charge in [-0.25, -0.2) is 0 Å². The van der Waals surface area contributed by atoms with E-state index in [2.05, 4.69) is 509 Å². The van der Waals surface area contributed by atoms with Crippen molar-refractivity contribution in [2.24, 2.45) is 0 Å². The fourth-order valence-corrected chi connectivity index (χ4v) is 14.4. The van der Waals surface area contributed by atoms with E-state index in [0.29, 0.717) is 0 Å². The quantitative estimate of drug-likeness (QED) is 0.114. The maximum atomic E-state index is 2.26. The summed E-state index contributed by atoms with van der Waals surface area (Å²) in [6.45, 7) is 12.9. The van der Waals surface area contributed by atoms with Gasteiger partial charge >= 0.3 is 0 Å². The van der Waals surface area contributed by atoms with Gasteiger partial charge in [-0.15, -0.1) is 0 Å². The molecule has 0 nitrogen and oxygen atoms in total. The number of hydrogen-bond donors (Lipinski definition) is 0. The van der Waals surface area contributed by atoms with Crippen molar-refractivity contribution in [2.75, 3.05) is 0 Å². The van der Waals surface area contributed by atoms with Crippen molar-refractivity contribution in [2.45, 2.75) is 41.5 Å². The highest BCUT2D eigenvalue weighted by molar-refractivity contribution is 5.89. The molecule has 18 aromatic carbocycles. The number of aryl methyl sites for hydroxylation is 6. The molecule has 18 aromatic rings. The van der Waals surface area contributed by atoms with Crippen molar-refractivity contribution >= 4 is 0 Å². The van der Waals surface area contributed by atoms with E-state index in [-0.39, 0.29) is 0 Å². The van der Waals surface area contributed by atoms with Crippen LogP contribution in [0, 0.1) is 41.5 Å². The molecule has 0 radical (unpaired) electrons. The molecule has 18 rings (SSSR count). The third-order valence-electron chi connectivity index (χ3n) is 20.4. The Balaban J connectivity index is 0.000000119. The summed E-state index contributed by atoms with van der Waals surface area (Å²) in [5, 5.41) is 0. The monoisotopic (exact) mass is 1460 g/mol. The molecule has 0 amide bonds. The van der Waals surface area contributed by atoms with Gasteiger partial charge in [0.1, 0.15) is 0 Å². The van der Waals surface area contributed by atoms with Crippen LogP contribution >= 0.6 is 0 Å². The Morgan fingerprint density at radius 3 is 0.684 bits per heavy atom. The van der Waals surface area contributed by atoms with Gasteiger partial charge < -0.3 is 0 Å². The SMILES string of the molecule is Cc1ccc(-c2ccccc2)c(-c2ccccc2)c1.Cc1ccc(-c2ccccc2-c2ccccc2)cc1.Cc1ccc(-c2ccccc2-c2ccccc2)cc1.Cc1cccc(-c2ccccc2)c1-c1ccccc1.Cc1ccccc1-c1ccc(-c2ccccc2)cc1.Cc1ccccc1-c1ccccc1-c1ccccc1. The van der Waals surface area contributed by atoms with Gasteiger partial charge in [-0.3, -0.25) is 0 Å².